The van der Waals surface area contributed by atoms with E-state index in [4.69, 9.17) is 5.73 Å². The molecular formula is C16H25N3O2. The molecule has 21 heavy (non-hydrogen) atoms. The normalized spacial score (nSPS) is 13.3. The van der Waals surface area contributed by atoms with Gasteiger partial charge in [0.1, 0.15) is 0 Å². The Kier molecular flexibility index (Phi) is 6.88. The number of hydrogen-bond donors (Lipinski definition) is 3. The van der Waals surface area contributed by atoms with Gasteiger partial charge in [0, 0.05) is 19.2 Å². The van der Waals surface area contributed by atoms with Crippen molar-refractivity contribution in [3.05, 3.63) is 35.4 Å². The Hall–Kier alpha value is -1.88. The van der Waals surface area contributed by atoms with Crippen molar-refractivity contribution in [2.75, 3.05) is 13.6 Å². The fourth-order valence-electron chi connectivity index (χ4n) is 1.97. The fraction of sp³-hybridized carbons (Fsp3) is 0.500. The van der Waals surface area contributed by atoms with Gasteiger partial charge in [-0.3, -0.25) is 9.59 Å². The molecule has 0 spiro atoms. The molecule has 0 bridgehead atoms. The summed E-state index contributed by atoms with van der Waals surface area (Å²) in [7, 11) is 1.60. The Labute approximate surface area is 126 Å². The van der Waals surface area contributed by atoms with Gasteiger partial charge in [0.25, 0.3) is 5.91 Å². The molecule has 0 saturated heterocycles. The molecule has 1 aromatic carbocycles. The summed E-state index contributed by atoms with van der Waals surface area (Å²) in [6.07, 6.45) is 1.55. The Bertz CT molecular complexity index is 488. The van der Waals surface area contributed by atoms with Crippen LogP contribution in [0.5, 0.6) is 0 Å². The molecule has 0 aromatic heterocycles. The fourth-order valence-corrected chi connectivity index (χ4v) is 1.97. The number of nitrogens with one attached hydrogen (secondary N) is 2. The minimum absolute atomic E-state index is 0.111. The Balaban J connectivity index is 2.49. The highest BCUT2D eigenvalue weighted by molar-refractivity contribution is 5.94. The number of nitrogens with two attached hydrogens (primary N) is 1. The molecule has 0 heterocycles. The average molecular weight is 291 g/mol. The van der Waals surface area contributed by atoms with Crippen LogP contribution in [0.15, 0.2) is 24.3 Å². The first kappa shape index (κ1) is 17.2. The largest absolute Gasteiger partial charge is 0.355 e. The number of rotatable bonds is 7. The Morgan fingerprint density at radius 2 is 2.05 bits per heavy atom. The summed E-state index contributed by atoms with van der Waals surface area (Å²) >= 11 is 0. The zero-order valence-corrected chi connectivity index (χ0v) is 13.0. The van der Waals surface area contributed by atoms with Crippen molar-refractivity contribution < 1.29 is 9.59 Å². The smallest absolute Gasteiger partial charge is 0.251 e. The van der Waals surface area contributed by atoms with Gasteiger partial charge >= 0.3 is 0 Å². The molecule has 2 amide bonds. The van der Waals surface area contributed by atoms with Crippen LogP contribution >= 0.6 is 0 Å². The number of benzene rings is 1. The lowest BCUT2D eigenvalue weighted by Gasteiger charge is -2.17. The molecule has 0 fully saturated rings. The molecule has 2 unspecified atom stereocenters. The minimum Gasteiger partial charge on any atom is -0.355 e. The zero-order valence-electron chi connectivity index (χ0n) is 13.0. The van der Waals surface area contributed by atoms with Gasteiger partial charge in [-0.2, -0.15) is 0 Å². The standard InChI is InChI=1S/C16H25N3O2/c1-4-11(2)14(17)16(21)19-9-8-12-6-5-7-13(10-12)15(20)18-3/h5-7,10-11,14H,4,8-9,17H2,1-3H3,(H,18,20)(H,19,21). The second-order valence-corrected chi connectivity index (χ2v) is 5.23. The maximum absolute atomic E-state index is 11.9. The van der Waals surface area contributed by atoms with Gasteiger partial charge < -0.3 is 16.4 Å². The van der Waals surface area contributed by atoms with E-state index in [0.717, 1.165) is 12.0 Å². The van der Waals surface area contributed by atoms with Crippen LogP contribution in [-0.2, 0) is 11.2 Å². The molecule has 4 N–H and O–H groups in total. The summed E-state index contributed by atoms with van der Waals surface area (Å²) in [5.74, 6) is -0.0620. The van der Waals surface area contributed by atoms with E-state index in [9.17, 15) is 9.59 Å². The third-order valence-corrected chi connectivity index (χ3v) is 3.69. The molecule has 0 aliphatic heterocycles. The van der Waals surface area contributed by atoms with E-state index >= 15 is 0 Å². The monoisotopic (exact) mass is 291 g/mol. The first-order valence-corrected chi connectivity index (χ1v) is 7.33. The summed E-state index contributed by atoms with van der Waals surface area (Å²) in [5, 5.41) is 5.44. The molecule has 5 heteroatoms. The number of carbonyl (C=O) groups excluding carboxylic acids is 2. The van der Waals surface area contributed by atoms with Crippen LogP contribution in [0.3, 0.4) is 0 Å². The zero-order chi connectivity index (χ0) is 15.8. The van der Waals surface area contributed by atoms with Gasteiger partial charge in [0.05, 0.1) is 6.04 Å². The van der Waals surface area contributed by atoms with Crippen LogP contribution in [-0.4, -0.2) is 31.4 Å². The predicted octanol–water partition coefficient (Wildman–Crippen LogP) is 1.08. The van der Waals surface area contributed by atoms with Crippen molar-refractivity contribution in [1.82, 2.24) is 10.6 Å². The molecule has 1 aromatic rings. The highest BCUT2D eigenvalue weighted by Crippen LogP contribution is 2.07. The maximum Gasteiger partial charge on any atom is 0.251 e. The molecule has 1 rings (SSSR count). The molecule has 0 aliphatic rings. The third-order valence-electron chi connectivity index (χ3n) is 3.69. The Morgan fingerprint density at radius 1 is 1.33 bits per heavy atom. The van der Waals surface area contributed by atoms with E-state index in [1.165, 1.54) is 0 Å². The molecule has 0 saturated carbocycles. The van der Waals surface area contributed by atoms with Crippen molar-refractivity contribution in [2.24, 2.45) is 11.7 Å². The predicted molar refractivity (Wildman–Crippen MR) is 84.0 cm³/mol. The van der Waals surface area contributed by atoms with Crippen LogP contribution in [0.1, 0.15) is 36.2 Å². The summed E-state index contributed by atoms with van der Waals surface area (Å²) in [4.78, 5) is 23.4. The molecular weight excluding hydrogens is 266 g/mol. The summed E-state index contributed by atoms with van der Waals surface area (Å²) in [6, 6.07) is 6.91. The summed E-state index contributed by atoms with van der Waals surface area (Å²) < 4.78 is 0. The number of hydrogen-bond acceptors (Lipinski definition) is 3. The topological polar surface area (TPSA) is 84.2 Å². The van der Waals surface area contributed by atoms with Crippen molar-refractivity contribution in [3.63, 3.8) is 0 Å². The summed E-state index contributed by atoms with van der Waals surface area (Å²) in [6.45, 7) is 4.50. The lowest BCUT2D eigenvalue weighted by Crippen LogP contribution is -2.45. The van der Waals surface area contributed by atoms with Crippen LogP contribution in [0, 0.1) is 5.92 Å². The second kappa shape index (κ2) is 8.42. The van der Waals surface area contributed by atoms with Gasteiger partial charge in [0.15, 0.2) is 0 Å². The number of amides is 2. The molecule has 0 radical (unpaired) electrons. The first-order chi connectivity index (χ1) is 9.99. The van der Waals surface area contributed by atoms with Crippen molar-refractivity contribution >= 4 is 11.8 Å². The Morgan fingerprint density at radius 3 is 2.67 bits per heavy atom. The van der Waals surface area contributed by atoms with Crippen molar-refractivity contribution in [3.8, 4) is 0 Å². The molecule has 116 valence electrons. The van der Waals surface area contributed by atoms with Crippen molar-refractivity contribution in [2.45, 2.75) is 32.7 Å². The molecule has 0 aliphatic carbocycles. The van der Waals surface area contributed by atoms with Gasteiger partial charge in [-0.25, -0.2) is 0 Å². The van der Waals surface area contributed by atoms with Gasteiger partial charge in [-0.15, -0.1) is 0 Å². The van der Waals surface area contributed by atoms with E-state index in [0.29, 0.717) is 18.5 Å². The van der Waals surface area contributed by atoms with Gasteiger partial charge in [-0.05, 0) is 30.0 Å². The van der Waals surface area contributed by atoms with E-state index in [1.54, 1.807) is 13.1 Å². The molecule has 5 nitrogen and oxygen atoms in total. The van der Waals surface area contributed by atoms with Crippen LogP contribution < -0.4 is 16.4 Å². The van der Waals surface area contributed by atoms with E-state index < -0.39 is 6.04 Å². The maximum atomic E-state index is 11.9. The SMILES string of the molecule is CCC(C)C(N)C(=O)NCCc1cccc(C(=O)NC)c1. The van der Waals surface area contributed by atoms with Crippen LogP contribution in [0.25, 0.3) is 0 Å². The third kappa shape index (κ3) is 5.19. The first-order valence-electron chi connectivity index (χ1n) is 7.33. The lowest BCUT2D eigenvalue weighted by atomic mass is 9.99. The van der Waals surface area contributed by atoms with Gasteiger partial charge in [-0.1, -0.05) is 32.4 Å². The van der Waals surface area contributed by atoms with Crippen LogP contribution in [0.2, 0.25) is 0 Å². The number of carbonyl (C=O) groups is 2. The summed E-state index contributed by atoms with van der Waals surface area (Å²) in [5.41, 5.74) is 7.50. The lowest BCUT2D eigenvalue weighted by molar-refractivity contribution is -0.123. The van der Waals surface area contributed by atoms with E-state index in [-0.39, 0.29) is 17.7 Å². The van der Waals surface area contributed by atoms with E-state index in [2.05, 4.69) is 10.6 Å². The molecule has 2 atom stereocenters. The highest BCUT2D eigenvalue weighted by atomic mass is 16.2. The van der Waals surface area contributed by atoms with Gasteiger partial charge in [0.2, 0.25) is 5.91 Å². The minimum atomic E-state index is -0.466. The quantitative estimate of drug-likeness (QED) is 0.703. The second-order valence-electron chi connectivity index (χ2n) is 5.23. The highest BCUT2D eigenvalue weighted by Gasteiger charge is 2.18. The van der Waals surface area contributed by atoms with Crippen molar-refractivity contribution in [1.29, 1.82) is 0 Å². The van der Waals surface area contributed by atoms with E-state index in [1.807, 2.05) is 32.0 Å². The van der Waals surface area contributed by atoms with Crippen LogP contribution in [0.4, 0.5) is 0 Å². The average Bonchev–Trinajstić information content (AvgIpc) is 2.52.